The molecule has 4 heteroatoms. The Morgan fingerprint density at radius 1 is 0.880 bits per heavy atom. The molecule has 0 aliphatic carbocycles. The lowest BCUT2D eigenvalue weighted by atomic mass is 10.1. The second kappa shape index (κ2) is 7.97. The number of nitrogens with zero attached hydrogens (tertiary/aromatic N) is 1. The summed E-state index contributed by atoms with van der Waals surface area (Å²) in [4.78, 5) is 26.8. The predicted molar refractivity (Wildman–Crippen MR) is 98.5 cm³/mol. The number of hydrogen-bond acceptors (Lipinski definition) is 2. The van der Waals surface area contributed by atoms with E-state index in [0.717, 1.165) is 31.5 Å². The maximum Gasteiger partial charge on any atom is 0.253 e. The van der Waals surface area contributed by atoms with E-state index >= 15 is 0 Å². The van der Waals surface area contributed by atoms with E-state index in [1.54, 1.807) is 24.3 Å². The molecule has 25 heavy (non-hydrogen) atoms. The Morgan fingerprint density at radius 2 is 1.48 bits per heavy atom. The Hall–Kier alpha value is -2.62. The third-order valence-corrected chi connectivity index (χ3v) is 4.68. The molecule has 1 N–H and O–H groups in total. The van der Waals surface area contributed by atoms with Crippen molar-refractivity contribution in [2.75, 3.05) is 13.1 Å². The molecule has 1 saturated heterocycles. The van der Waals surface area contributed by atoms with Gasteiger partial charge in [-0.3, -0.25) is 9.59 Å². The fraction of sp³-hybridized carbons (Fsp3) is 0.333. The first-order valence-corrected chi connectivity index (χ1v) is 8.90. The van der Waals surface area contributed by atoms with E-state index in [1.807, 2.05) is 42.2 Å². The normalized spacial score (nSPS) is 15.5. The van der Waals surface area contributed by atoms with Crippen molar-refractivity contribution in [3.05, 3.63) is 71.3 Å². The van der Waals surface area contributed by atoms with Gasteiger partial charge in [0.2, 0.25) is 0 Å². The Bertz CT molecular complexity index is 719. The van der Waals surface area contributed by atoms with E-state index in [1.165, 1.54) is 6.42 Å². The largest absolute Gasteiger partial charge is 0.346 e. The van der Waals surface area contributed by atoms with Crippen LogP contribution in [0.3, 0.4) is 0 Å². The van der Waals surface area contributed by atoms with Crippen molar-refractivity contribution < 1.29 is 9.59 Å². The molecule has 1 unspecified atom stereocenters. The molecule has 1 aliphatic heterocycles. The molecule has 2 amide bonds. The second-order valence-electron chi connectivity index (χ2n) is 6.54. The van der Waals surface area contributed by atoms with Crippen LogP contribution in [0.25, 0.3) is 0 Å². The Morgan fingerprint density at radius 3 is 2.12 bits per heavy atom. The molecule has 130 valence electrons. The second-order valence-corrected chi connectivity index (χ2v) is 6.54. The zero-order chi connectivity index (χ0) is 17.6. The summed E-state index contributed by atoms with van der Waals surface area (Å²) in [7, 11) is 0. The van der Waals surface area contributed by atoms with Crippen molar-refractivity contribution in [1.82, 2.24) is 10.2 Å². The van der Waals surface area contributed by atoms with Gasteiger partial charge in [-0.15, -0.1) is 0 Å². The highest BCUT2D eigenvalue weighted by atomic mass is 16.2. The van der Waals surface area contributed by atoms with Crippen molar-refractivity contribution >= 4 is 11.8 Å². The fourth-order valence-electron chi connectivity index (χ4n) is 3.15. The lowest BCUT2D eigenvalue weighted by molar-refractivity contribution is 0.0723. The third kappa shape index (κ3) is 4.27. The molecule has 0 saturated carbocycles. The minimum Gasteiger partial charge on any atom is -0.346 e. The molecule has 0 spiro atoms. The van der Waals surface area contributed by atoms with E-state index in [0.29, 0.717) is 11.1 Å². The first kappa shape index (κ1) is 17.2. The summed E-state index contributed by atoms with van der Waals surface area (Å²) in [5.41, 5.74) is 2.28. The number of amides is 2. The Kier molecular flexibility index (Phi) is 5.49. The monoisotopic (exact) mass is 336 g/mol. The molecular formula is C21H24N2O2. The topological polar surface area (TPSA) is 49.4 Å². The average Bonchev–Trinajstić information content (AvgIpc) is 2.69. The maximum absolute atomic E-state index is 12.5. The zero-order valence-corrected chi connectivity index (χ0v) is 14.6. The van der Waals surface area contributed by atoms with Crippen LogP contribution in [0.2, 0.25) is 0 Å². The van der Waals surface area contributed by atoms with Crippen molar-refractivity contribution in [2.45, 2.75) is 32.2 Å². The van der Waals surface area contributed by atoms with Crippen LogP contribution in [-0.4, -0.2) is 29.8 Å². The van der Waals surface area contributed by atoms with Crippen molar-refractivity contribution in [2.24, 2.45) is 0 Å². The van der Waals surface area contributed by atoms with E-state index < -0.39 is 0 Å². The number of piperidine rings is 1. The summed E-state index contributed by atoms with van der Waals surface area (Å²) in [5.74, 6) is -0.0716. The van der Waals surface area contributed by atoms with Gasteiger partial charge in [-0.2, -0.15) is 0 Å². The standard InChI is InChI=1S/C21H24N2O2/c1-16(17-8-4-2-5-9-17)22-20(24)18-10-12-19(13-11-18)21(25)23-14-6-3-7-15-23/h2,4-5,8-13,16H,3,6-7,14-15H2,1H3,(H,22,24). The van der Waals surface area contributed by atoms with E-state index in [9.17, 15) is 9.59 Å². The van der Waals surface area contributed by atoms with Gasteiger partial charge in [0.15, 0.2) is 0 Å². The highest BCUT2D eigenvalue weighted by molar-refractivity contribution is 5.98. The number of nitrogens with one attached hydrogen (secondary N) is 1. The lowest BCUT2D eigenvalue weighted by Crippen LogP contribution is -2.35. The molecule has 0 aromatic heterocycles. The lowest BCUT2D eigenvalue weighted by Gasteiger charge is -2.26. The number of carbonyl (C=O) groups is 2. The summed E-state index contributed by atoms with van der Waals surface area (Å²) in [6.07, 6.45) is 3.34. The van der Waals surface area contributed by atoms with Gasteiger partial charge in [0, 0.05) is 24.2 Å². The summed E-state index contributed by atoms with van der Waals surface area (Å²) >= 11 is 0. The van der Waals surface area contributed by atoms with Gasteiger partial charge >= 0.3 is 0 Å². The SMILES string of the molecule is CC(NC(=O)c1ccc(C(=O)N2CCCCC2)cc1)c1ccccc1. The van der Waals surface area contributed by atoms with Crippen LogP contribution in [0.5, 0.6) is 0 Å². The van der Waals surface area contributed by atoms with Crippen LogP contribution in [0.1, 0.15) is 58.5 Å². The molecule has 0 radical (unpaired) electrons. The minimum absolute atomic E-state index is 0.0595. The van der Waals surface area contributed by atoms with Gasteiger partial charge in [-0.1, -0.05) is 30.3 Å². The number of carbonyl (C=O) groups excluding carboxylic acids is 2. The molecule has 1 fully saturated rings. The summed E-state index contributed by atoms with van der Waals surface area (Å²) < 4.78 is 0. The first-order chi connectivity index (χ1) is 12.1. The average molecular weight is 336 g/mol. The summed E-state index contributed by atoms with van der Waals surface area (Å²) in [5, 5.41) is 2.99. The van der Waals surface area contributed by atoms with E-state index in [-0.39, 0.29) is 17.9 Å². The highest BCUT2D eigenvalue weighted by Crippen LogP contribution is 2.15. The molecule has 1 heterocycles. The van der Waals surface area contributed by atoms with Crippen LogP contribution in [0, 0.1) is 0 Å². The van der Waals surface area contributed by atoms with Gasteiger partial charge < -0.3 is 10.2 Å². The van der Waals surface area contributed by atoms with Crippen LogP contribution < -0.4 is 5.32 Å². The maximum atomic E-state index is 12.5. The number of rotatable bonds is 4. The predicted octanol–water partition coefficient (Wildman–Crippen LogP) is 3.80. The van der Waals surface area contributed by atoms with Gasteiger partial charge in [-0.25, -0.2) is 0 Å². The minimum atomic E-state index is -0.131. The molecule has 0 bridgehead atoms. The van der Waals surface area contributed by atoms with Crippen molar-refractivity contribution in [3.8, 4) is 0 Å². The quantitative estimate of drug-likeness (QED) is 0.923. The molecule has 3 rings (SSSR count). The Balaban J connectivity index is 1.63. The number of benzene rings is 2. The molecule has 4 nitrogen and oxygen atoms in total. The molecule has 1 aliphatic rings. The summed E-state index contributed by atoms with van der Waals surface area (Å²) in [6.45, 7) is 3.62. The van der Waals surface area contributed by atoms with Gasteiger partial charge in [-0.05, 0) is 56.0 Å². The smallest absolute Gasteiger partial charge is 0.253 e. The van der Waals surface area contributed by atoms with Crippen LogP contribution >= 0.6 is 0 Å². The molecule has 2 aromatic carbocycles. The van der Waals surface area contributed by atoms with Gasteiger partial charge in [0.05, 0.1) is 6.04 Å². The highest BCUT2D eigenvalue weighted by Gasteiger charge is 2.18. The van der Waals surface area contributed by atoms with Crippen molar-refractivity contribution in [1.29, 1.82) is 0 Å². The Labute approximate surface area is 148 Å². The van der Waals surface area contributed by atoms with Crippen LogP contribution in [0.15, 0.2) is 54.6 Å². The third-order valence-electron chi connectivity index (χ3n) is 4.68. The van der Waals surface area contributed by atoms with Crippen LogP contribution in [0.4, 0.5) is 0 Å². The van der Waals surface area contributed by atoms with Crippen LogP contribution in [-0.2, 0) is 0 Å². The van der Waals surface area contributed by atoms with Gasteiger partial charge in [0.1, 0.15) is 0 Å². The zero-order valence-electron chi connectivity index (χ0n) is 14.6. The van der Waals surface area contributed by atoms with Crippen molar-refractivity contribution in [3.63, 3.8) is 0 Å². The molecule has 1 atom stereocenters. The number of hydrogen-bond donors (Lipinski definition) is 1. The fourth-order valence-corrected chi connectivity index (χ4v) is 3.15. The summed E-state index contributed by atoms with van der Waals surface area (Å²) in [6, 6.07) is 16.7. The van der Waals surface area contributed by atoms with E-state index in [2.05, 4.69) is 5.32 Å². The van der Waals surface area contributed by atoms with E-state index in [4.69, 9.17) is 0 Å². The number of likely N-dealkylation sites (tertiary alicyclic amines) is 1. The first-order valence-electron chi connectivity index (χ1n) is 8.90. The molecular weight excluding hydrogens is 312 g/mol. The molecule has 2 aromatic rings. The van der Waals surface area contributed by atoms with Gasteiger partial charge in [0.25, 0.3) is 11.8 Å².